The lowest BCUT2D eigenvalue weighted by atomic mass is 10.7. The van der Waals surface area contributed by atoms with Crippen LogP contribution in [0.5, 0.6) is 0 Å². The zero-order valence-corrected chi connectivity index (χ0v) is 6.38. The maximum atomic E-state index is 10.6. The van der Waals surface area contributed by atoms with Crippen molar-refractivity contribution in [2.24, 2.45) is 0 Å². The van der Waals surface area contributed by atoms with Gasteiger partial charge >= 0.3 is 12.1 Å². The third-order valence-electron chi connectivity index (χ3n) is 0.243. The first kappa shape index (κ1) is 12.6. The number of thiol groups is 2. The normalized spacial score (nSPS) is 9.70. The molecule has 0 bridgehead atoms. The van der Waals surface area contributed by atoms with E-state index in [1.807, 2.05) is 0 Å². The van der Waals surface area contributed by atoms with Gasteiger partial charge in [-0.1, -0.05) is 0 Å². The first-order valence-electron chi connectivity index (χ1n) is 1.88. The van der Waals surface area contributed by atoms with Crippen LogP contribution in [0.15, 0.2) is 0 Å². The minimum Gasteiger partial charge on any atom is -0.475 e. The molecule has 1 N–H and O–H groups in total. The number of carboxylic acids is 1. The van der Waals surface area contributed by atoms with Crippen LogP contribution in [0.1, 0.15) is 0 Å². The van der Waals surface area contributed by atoms with Crippen molar-refractivity contribution in [2.75, 3.05) is 5.08 Å². The molecule has 0 aliphatic rings. The van der Waals surface area contributed by atoms with Crippen molar-refractivity contribution in [3.05, 3.63) is 0 Å². The van der Waals surface area contributed by atoms with Gasteiger partial charge in [0.25, 0.3) is 0 Å². The highest BCUT2D eigenvalue weighted by molar-refractivity contribution is 7.98. The molecule has 0 aliphatic carbocycles. The number of alkyl halides is 3. The number of aliphatic carboxylic acids is 1. The van der Waals surface area contributed by atoms with Crippen molar-refractivity contribution in [1.82, 2.24) is 0 Å². The third-order valence-corrected chi connectivity index (χ3v) is 0.243. The summed E-state index contributed by atoms with van der Waals surface area (Å²) in [5.41, 5.74) is 0. The van der Waals surface area contributed by atoms with Crippen molar-refractivity contribution < 1.29 is 23.1 Å². The molecule has 0 aliphatic heterocycles. The van der Waals surface area contributed by atoms with E-state index >= 15 is 0 Å². The maximum Gasteiger partial charge on any atom is 0.490 e. The monoisotopic (exact) mass is 194 g/mol. The topological polar surface area (TPSA) is 37.3 Å². The summed E-state index contributed by atoms with van der Waals surface area (Å²) >= 11 is 7.31. The molecule has 7 heteroatoms. The molecule has 0 radical (unpaired) electrons. The second-order valence-corrected chi connectivity index (χ2v) is 2.08. The molecule has 10 heavy (non-hydrogen) atoms. The van der Waals surface area contributed by atoms with Crippen LogP contribution in [0.25, 0.3) is 0 Å². The molecule has 0 aromatic carbocycles. The van der Waals surface area contributed by atoms with Gasteiger partial charge in [0, 0.05) is 5.08 Å². The largest absolute Gasteiger partial charge is 0.490 e. The minimum absolute atomic E-state index is 0.639. The van der Waals surface area contributed by atoms with Gasteiger partial charge in [-0.25, -0.2) is 4.79 Å². The number of hydrogen-bond acceptors (Lipinski definition) is 3. The molecule has 0 unspecified atom stereocenters. The number of halogens is 3. The summed E-state index contributed by atoms with van der Waals surface area (Å²) in [6, 6.07) is 0. The molecule has 0 amide bonds. The van der Waals surface area contributed by atoms with Crippen molar-refractivity contribution in [3.63, 3.8) is 0 Å². The first-order chi connectivity index (χ1) is 4.36. The van der Waals surface area contributed by atoms with Gasteiger partial charge in [0.2, 0.25) is 0 Å². The molecular weight excluding hydrogens is 189 g/mol. The van der Waals surface area contributed by atoms with Crippen LogP contribution in [0.3, 0.4) is 0 Å². The number of rotatable bonds is 0. The fourth-order valence-corrected chi connectivity index (χ4v) is 0. The summed E-state index contributed by atoms with van der Waals surface area (Å²) < 4.78 is 31.7. The Morgan fingerprint density at radius 3 is 1.50 bits per heavy atom. The van der Waals surface area contributed by atoms with E-state index in [4.69, 9.17) is 9.90 Å². The van der Waals surface area contributed by atoms with E-state index in [1.165, 1.54) is 0 Å². The lowest BCUT2D eigenvalue weighted by Crippen LogP contribution is -2.21. The molecule has 0 heterocycles. The third kappa shape index (κ3) is 10.9. The average molecular weight is 194 g/mol. The first-order valence-corrected chi connectivity index (χ1v) is 3.14. The number of carboxylic acid groups (broad SMARTS) is 1. The summed E-state index contributed by atoms with van der Waals surface area (Å²) in [5, 5.41) is 7.76. The zero-order valence-electron chi connectivity index (χ0n) is 4.59. The molecule has 0 saturated carbocycles. The van der Waals surface area contributed by atoms with Crippen LogP contribution in [-0.4, -0.2) is 22.3 Å². The Morgan fingerprint density at radius 1 is 1.40 bits per heavy atom. The maximum absolute atomic E-state index is 10.6. The van der Waals surface area contributed by atoms with Gasteiger partial charge in [0.15, 0.2) is 0 Å². The molecule has 0 saturated heterocycles. The van der Waals surface area contributed by atoms with Gasteiger partial charge in [0.1, 0.15) is 0 Å². The zero-order chi connectivity index (χ0) is 8.78. The van der Waals surface area contributed by atoms with Gasteiger partial charge in [0.05, 0.1) is 0 Å². The van der Waals surface area contributed by atoms with Gasteiger partial charge in [-0.2, -0.15) is 38.4 Å². The van der Waals surface area contributed by atoms with E-state index in [2.05, 4.69) is 25.3 Å². The van der Waals surface area contributed by atoms with Crippen molar-refractivity contribution in [3.8, 4) is 0 Å². The predicted molar refractivity (Wildman–Crippen MR) is 36.5 cm³/mol. The van der Waals surface area contributed by atoms with E-state index in [-0.39, 0.29) is 0 Å². The Bertz CT molecular complexity index is 102. The van der Waals surface area contributed by atoms with E-state index in [0.717, 1.165) is 0 Å². The highest BCUT2D eigenvalue weighted by atomic mass is 32.2. The lowest BCUT2D eigenvalue weighted by Gasteiger charge is -1.93. The molecule has 0 aromatic heterocycles. The summed E-state index contributed by atoms with van der Waals surface area (Å²) in [4.78, 5) is 8.90. The SMILES string of the molecule is O=C(O)C(F)(F)F.SCS. The molecule has 0 spiro atoms. The van der Waals surface area contributed by atoms with E-state index in [1.54, 1.807) is 0 Å². The highest BCUT2D eigenvalue weighted by Gasteiger charge is 2.38. The minimum atomic E-state index is -5.08. The number of carbonyl (C=O) groups is 1. The molecule has 2 nitrogen and oxygen atoms in total. The second kappa shape index (κ2) is 5.72. The molecule has 0 atom stereocenters. The Hall–Kier alpha value is -0.0400. The lowest BCUT2D eigenvalue weighted by molar-refractivity contribution is -0.192. The summed E-state index contributed by atoms with van der Waals surface area (Å²) in [5.74, 6) is -2.76. The Balaban J connectivity index is 0. The predicted octanol–water partition coefficient (Wildman–Crippen LogP) is 1.44. The van der Waals surface area contributed by atoms with Crippen molar-refractivity contribution in [1.29, 1.82) is 0 Å². The summed E-state index contributed by atoms with van der Waals surface area (Å²) in [6.07, 6.45) is -5.08. The van der Waals surface area contributed by atoms with Gasteiger partial charge in [-0.15, -0.1) is 0 Å². The fourth-order valence-electron chi connectivity index (χ4n) is 0. The van der Waals surface area contributed by atoms with Gasteiger partial charge in [-0.05, 0) is 0 Å². The van der Waals surface area contributed by atoms with Crippen LogP contribution in [0, 0.1) is 0 Å². The Labute approximate surface area is 66.2 Å². The average Bonchev–Trinajstić information content (AvgIpc) is 1.64. The fraction of sp³-hybridized carbons (Fsp3) is 0.667. The quantitative estimate of drug-likeness (QED) is 0.403. The van der Waals surface area contributed by atoms with Crippen LogP contribution in [0.4, 0.5) is 13.2 Å². The summed E-state index contributed by atoms with van der Waals surface area (Å²) in [7, 11) is 0. The van der Waals surface area contributed by atoms with E-state index < -0.39 is 12.1 Å². The molecule has 0 rings (SSSR count). The van der Waals surface area contributed by atoms with E-state index in [0.29, 0.717) is 5.08 Å². The molecule has 0 fully saturated rings. The van der Waals surface area contributed by atoms with Gasteiger partial charge in [-0.3, -0.25) is 0 Å². The standard InChI is InChI=1S/C2HF3O2.CH4S2/c3-2(4,5)1(6)7;2-1-3/h(H,6,7);2-3H,1H2. The smallest absolute Gasteiger partial charge is 0.475 e. The van der Waals surface area contributed by atoms with Crippen LogP contribution < -0.4 is 0 Å². The van der Waals surface area contributed by atoms with E-state index in [9.17, 15) is 13.2 Å². The molecular formula is C3H5F3O2S2. The second-order valence-electron chi connectivity index (χ2n) is 0.944. The van der Waals surface area contributed by atoms with Gasteiger partial charge < -0.3 is 5.11 Å². The van der Waals surface area contributed by atoms with Crippen LogP contribution >= 0.6 is 25.3 Å². The Kier molecular flexibility index (Phi) is 7.22. The van der Waals surface area contributed by atoms with Crippen molar-refractivity contribution >= 4 is 31.2 Å². The summed E-state index contributed by atoms with van der Waals surface area (Å²) in [6.45, 7) is 0. The molecule has 0 aromatic rings. The number of hydrogen-bond donors (Lipinski definition) is 3. The van der Waals surface area contributed by atoms with Crippen LogP contribution in [0.2, 0.25) is 0 Å². The molecule has 62 valence electrons. The van der Waals surface area contributed by atoms with Crippen molar-refractivity contribution in [2.45, 2.75) is 6.18 Å². The highest BCUT2D eigenvalue weighted by Crippen LogP contribution is 2.13. The Morgan fingerprint density at radius 2 is 1.50 bits per heavy atom. The van der Waals surface area contributed by atoms with Crippen LogP contribution in [-0.2, 0) is 4.79 Å².